The molecule has 0 aromatic heterocycles. The van der Waals surface area contributed by atoms with Crippen LogP contribution in [-0.4, -0.2) is 29.2 Å². The van der Waals surface area contributed by atoms with Crippen LogP contribution < -0.4 is 4.74 Å². The number of carbonyl (C=O) groups is 1. The largest absolute Gasteiger partial charge is 0.504 e. The zero-order valence-corrected chi connectivity index (χ0v) is 15.4. The van der Waals surface area contributed by atoms with E-state index in [2.05, 4.69) is 13.5 Å². The van der Waals surface area contributed by atoms with Crippen molar-refractivity contribution in [1.29, 1.82) is 0 Å². The molecule has 0 spiro atoms. The third-order valence-electron chi connectivity index (χ3n) is 3.61. The molecule has 0 aliphatic heterocycles. The van der Waals surface area contributed by atoms with Gasteiger partial charge in [0.1, 0.15) is 6.29 Å². The lowest BCUT2D eigenvalue weighted by atomic mass is 9.96. The van der Waals surface area contributed by atoms with Crippen molar-refractivity contribution in [2.24, 2.45) is 5.92 Å². The van der Waals surface area contributed by atoms with Gasteiger partial charge in [0, 0.05) is 6.42 Å². The molecule has 0 aliphatic rings. The van der Waals surface area contributed by atoms with E-state index in [1.54, 1.807) is 12.1 Å². The molecule has 2 N–H and O–H groups in total. The Bertz CT molecular complexity index is 489. The fraction of sp³-hybridized carbons (Fsp3) is 0.550. The van der Waals surface area contributed by atoms with Crippen molar-refractivity contribution in [3.05, 3.63) is 36.4 Å². The number of aldehydes is 1. The SMILES string of the molecule is C=CCc1ccc(O)c(OC)c1.CC(CC=O)CCCC(C)(C)O. The van der Waals surface area contributed by atoms with Crippen LogP contribution in [0.1, 0.15) is 52.0 Å². The van der Waals surface area contributed by atoms with Gasteiger partial charge in [-0.15, -0.1) is 6.58 Å². The summed E-state index contributed by atoms with van der Waals surface area (Å²) in [7, 11) is 1.53. The highest BCUT2D eigenvalue weighted by Gasteiger charge is 2.12. The van der Waals surface area contributed by atoms with Crippen LogP contribution in [0, 0.1) is 5.92 Å². The van der Waals surface area contributed by atoms with Crippen molar-refractivity contribution >= 4 is 6.29 Å². The Hall–Kier alpha value is -1.81. The lowest BCUT2D eigenvalue weighted by Gasteiger charge is -2.17. The standard InChI is InChI=1S/C10H12O2.C10H20O2/c1-3-4-8-5-6-9(11)10(7-8)12-2;1-9(6-8-11)5-4-7-10(2,3)12/h3,5-7,11H,1,4H2,2H3;8-9,12H,4-7H2,1-3H3. The van der Waals surface area contributed by atoms with Crippen LogP contribution in [0.2, 0.25) is 0 Å². The second-order valence-electron chi connectivity index (χ2n) is 6.71. The highest BCUT2D eigenvalue weighted by Crippen LogP contribution is 2.26. The van der Waals surface area contributed by atoms with Crippen LogP contribution >= 0.6 is 0 Å². The topological polar surface area (TPSA) is 66.8 Å². The number of rotatable bonds is 9. The predicted molar refractivity (Wildman–Crippen MR) is 98.6 cm³/mol. The minimum Gasteiger partial charge on any atom is -0.504 e. The molecule has 136 valence electrons. The molecule has 1 atom stereocenters. The number of ether oxygens (including phenoxy) is 1. The summed E-state index contributed by atoms with van der Waals surface area (Å²) >= 11 is 0. The van der Waals surface area contributed by atoms with Crippen molar-refractivity contribution in [2.75, 3.05) is 7.11 Å². The minimum atomic E-state index is -0.555. The van der Waals surface area contributed by atoms with E-state index in [-0.39, 0.29) is 5.75 Å². The first-order valence-electron chi connectivity index (χ1n) is 8.36. The summed E-state index contributed by atoms with van der Waals surface area (Å²) in [5, 5.41) is 18.6. The van der Waals surface area contributed by atoms with Gasteiger partial charge in [-0.2, -0.15) is 0 Å². The summed E-state index contributed by atoms with van der Waals surface area (Å²) in [5.41, 5.74) is 0.528. The summed E-state index contributed by atoms with van der Waals surface area (Å²) in [5.74, 6) is 1.14. The molecule has 0 radical (unpaired) electrons. The number of aromatic hydroxyl groups is 1. The van der Waals surface area contributed by atoms with E-state index in [1.165, 1.54) is 7.11 Å². The average Bonchev–Trinajstić information content (AvgIpc) is 2.49. The van der Waals surface area contributed by atoms with E-state index in [9.17, 15) is 15.0 Å². The van der Waals surface area contributed by atoms with Gasteiger partial charge in [0.15, 0.2) is 11.5 Å². The molecule has 0 amide bonds. The highest BCUT2D eigenvalue weighted by molar-refractivity contribution is 5.49. The van der Waals surface area contributed by atoms with Crippen molar-refractivity contribution < 1.29 is 19.7 Å². The van der Waals surface area contributed by atoms with Crippen molar-refractivity contribution in [1.82, 2.24) is 0 Å². The van der Waals surface area contributed by atoms with E-state index < -0.39 is 5.60 Å². The molecular formula is C20H32O4. The number of hydrogen-bond donors (Lipinski definition) is 2. The molecule has 1 unspecified atom stereocenters. The van der Waals surface area contributed by atoms with Crippen molar-refractivity contribution in [2.45, 2.75) is 58.5 Å². The van der Waals surface area contributed by atoms with E-state index in [4.69, 9.17) is 4.74 Å². The van der Waals surface area contributed by atoms with Crippen LogP contribution in [-0.2, 0) is 11.2 Å². The Morgan fingerprint density at radius 3 is 2.54 bits per heavy atom. The van der Waals surface area contributed by atoms with E-state index >= 15 is 0 Å². The lowest BCUT2D eigenvalue weighted by molar-refractivity contribution is -0.108. The molecule has 0 aliphatic carbocycles. The first-order chi connectivity index (χ1) is 11.2. The van der Waals surface area contributed by atoms with Crippen LogP contribution in [0.4, 0.5) is 0 Å². The van der Waals surface area contributed by atoms with E-state index in [0.29, 0.717) is 18.1 Å². The zero-order chi connectivity index (χ0) is 18.6. The molecule has 0 saturated heterocycles. The summed E-state index contributed by atoms with van der Waals surface area (Å²) in [6.45, 7) is 9.33. The van der Waals surface area contributed by atoms with Gasteiger partial charge in [0.25, 0.3) is 0 Å². The Morgan fingerprint density at radius 1 is 1.38 bits per heavy atom. The summed E-state index contributed by atoms with van der Waals surface area (Å²) in [6, 6.07) is 5.27. The molecule has 1 aromatic rings. The quantitative estimate of drug-likeness (QED) is 0.522. The number of phenolic OH excluding ortho intramolecular Hbond substituents is 1. The molecule has 0 heterocycles. The normalized spacial score (nSPS) is 11.9. The van der Waals surface area contributed by atoms with Gasteiger partial charge in [-0.25, -0.2) is 0 Å². The maximum absolute atomic E-state index is 10.1. The molecular weight excluding hydrogens is 304 g/mol. The Labute approximate surface area is 146 Å². The van der Waals surface area contributed by atoms with Gasteiger partial charge in [-0.1, -0.05) is 31.9 Å². The molecule has 1 rings (SSSR count). The predicted octanol–water partition coefficient (Wildman–Crippen LogP) is 4.28. The first kappa shape index (κ1) is 22.2. The molecule has 4 heteroatoms. The molecule has 24 heavy (non-hydrogen) atoms. The number of hydrogen-bond acceptors (Lipinski definition) is 4. The molecule has 0 saturated carbocycles. The summed E-state index contributed by atoms with van der Waals surface area (Å²) < 4.78 is 4.95. The van der Waals surface area contributed by atoms with Gasteiger partial charge in [0.2, 0.25) is 0 Å². The fourth-order valence-corrected chi connectivity index (χ4v) is 2.18. The number of phenols is 1. The monoisotopic (exact) mass is 336 g/mol. The number of aliphatic hydroxyl groups is 1. The zero-order valence-electron chi connectivity index (χ0n) is 15.4. The molecule has 4 nitrogen and oxygen atoms in total. The Balaban J connectivity index is 0.000000441. The second-order valence-corrected chi connectivity index (χ2v) is 6.71. The Morgan fingerprint density at radius 2 is 2.04 bits per heavy atom. The molecule has 1 aromatic carbocycles. The highest BCUT2D eigenvalue weighted by atomic mass is 16.5. The maximum Gasteiger partial charge on any atom is 0.160 e. The van der Waals surface area contributed by atoms with Crippen LogP contribution in [0.3, 0.4) is 0 Å². The number of methoxy groups -OCH3 is 1. The molecule has 0 bridgehead atoms. The second kappa shape index (κ2) is 11.7. The Kier molecular flexibility index (Phi) is 10.8. The molecule has 0 fully saturated rings. The minimum absolute atomic E-state index is 0.172. The average molecular weight is 336 g/mol. The summed E-state index contributed by atoms with van der Waals surface area (Å²) in [4.78, 5) is 10.1. The summed E-state index contributed by atoms with van der Waals surface area (Å²) in [6.07, 6.45) is 7.06. The van der Waals surface area contributed by atoms with Crippen molar-refractivity contribution in [3.8, 4) is 11.5 Å². The number of allylic oxidation sites excluding steroid dienone is 1. The van der Waals surface area contributed by atoms with Gasteiger partial charge in [0.05, 0.1) is 12.7 Å². The number of carbonyl (C=O) groups excluding carboxylic acids is 1. The van der Waals surface area contributed by atoms with Crippen LogP contribution in [0.5, 0.6) is 11.5 Å². The van der Waals surface area contributed by atoms with Gasteiger partial charge in [-0.05, 0) is 50.3 Å². The van der Waals surface area contributed by atoms with Crippen LogP contribution in [0.25, 0.3) is 0 Å². The van der Waals surface area contributed by atoms with Gasteiger partial charge >= 0.3 is 0 Å². The van der Waals surface area contributed by atoms with Crippen molar-refractivity contribution in [3.63, 3.8) is 0 Å². The lowest BCUT2D eigenvalue weighted by Crippen LogP contribution is -2.18. The maximum atomic E-state index is 10.1. The van der Waals surface area contributed by atoms with E-state index in [0.717, 1.165) is 37.5 Å². The fourth-order valence-electron chi connectivity index (χ4n) is 2.18. The third kappa shape index (κ3) is 10.8. The number of benzene rings is 1. The van der Waals surface area contributed by atoms with Crippen LogP contribution in [0.15, 0.2) is 30.9 Å². The van der Waals surface area contributed by atoms with Gasteiger partial charge < -0.3 is 19.7 Å². The third-order valence-corrected chi connectivity index (χ3v) is 3.61. The first-order valence-corrected chi connectivity index (χ1v) is 8.36. The van der Waals surface area contributed by atoms with Gasteiger partial charge in [-0.3, -0.25) is 0 Å². The van der Waals surface area contributed by atoms with E-state index in [1.807, 2.05) is 26.0 Å². The smallest absolute Gasteiger partial charge is 0.160 e.